The number of nitrogens with zero attached hydrogens (tertiary/aromatic N) is 5. The van der Waals surface area contributed by atoms with E-state index in [-0.39, 0.29) is 0 Å². The lowest BCUT2D eigenvalue weighted by Crippen LogP contribution is -2.24. The van der Waals surface area contributed by atoms with Crippen molar-refractivity contribution in [1.29, 1.82) is 0 Å². The summed E-state index contributed by atoms with van der Waals surface area (Å²) < 4.78 is 26.9. The van der Waals surface area contributed by atoms with Crippen LogP contribution in [0.1, 0.15) is 16.7 Å². The van der Waals surface area contributed by atoms with E-state index in [9.17, 15) is 8.78 Å². The first-order valence-electron chi connectivity index (χ1n) is 11.7. The predicted molar refractivity (Wildman–Crippen MR) is 139 cm³/mol. The van der Waals surface area contributed by atoms with E-state index in [1.165, 1.54) is 6.07 Å². The summed E-state index contributed by atoms with van der Waals surface area (Å²) in [5.74, 6) is -0.551. The average molecular weight is 497 g/mol. The van der Waals surface area contributed by atoms with E-state index in [1.54, 1.807) is 24.8 Å². The van der Waals surface area contributed by atoms with Crippen LogP contribution < -0.4 is 11.1 Å². The molecule has 0 saturated heterocycles. The van der Waals surface area contributed by atoms with Crippen molar-refractivity contribution in [3.8, 4) is 11.1 Å². The molecule has 1 aliphatic rings. The lowest BCUT2D eigenvalue weighted by atomic mass is 10.0. The molecule has 37 heavy (non-hydrogen) atoms. The van der Waals surface area contributed by atoms with Crippen LogP contribution in [0, 0.1) is 11.6 Å². The highest BCUT2D eigenvalue weighted by molar-refractivity contribution is 5.89. The number of halogens is 2. The predicted octanol–water partition coefficient (Wildman–Crippen LogP) is 5.17. The van der Waals surface area contributed by atoms with Crippen molar-refractivity contribution in [2.45, 2.75) is 19.6 Å². The lowest BCUT2D eigenvalue weighted by molar-refractivity contribution is 0.411. The maximum atomic E-state index is 13.6. The van der Waals surface area contributed by atoms with E-state index in [0.29, 0.717) is 36.7 Å². The molecule has 5 aromatic rings. The fraction of sp³-hybridized carbons (Fsp3) is 0.111. The molecular formula is C27H22F2N8. The van der Waals surface area contributed by atoms with E-state index < -0.39 is 11.6 Å². The van der Waals surface area contributed by atoms with Gasteiger partial charge in [0.15, 0.2) is 23.1 Å². The number of H-pyrrole nitrogens is 1. The maximum absolute atomic E-state index is 13.6. The number of nitrogen functional groups attached to an aromatic ring is 1. The number of aromatic amines is 1. The summed E-state index contributed by atoms with van der Waals surface area (Å²) in [5.41, 5.74) is 12.1. The van der Waals surface area contributed by atoms with Gasteiger partial charge in [0, 0.05) is 43.2 Å². The highest BCUT2D eigenvalue weighted by atomic mass is 19.2. The number of nitrogens with two attached hydrogens (primary N) is 1. The van der Waals surface area contributed by atoms with E-state index in [2.05, 4.69) is 30.5 Å². The molecule has 0 aliphatic carbocycles. The van der Waals surface area contributed by atoms with Crippen molar-refractivity contribution in [2.75, 3.05) is 11.1 Å². The summed E-state index contributed by atoms with van der Waals surface area (Å²) in [5, 5.41) is 11.0. The number of anilines is 2. The Kier molecular flexibility index (Phi) is 5.68. The standard InChI is InChI=1S/C27H22F2N8/c28-22-6-3-17(9-23(22)29)13-37-14-21-24(34-15-37)7-8-31-26(21)32-11-16-1-4-18(5-2-16)19-10-20-25(30)35-36-27(20)33-12-19/h1-10,12,15H,11,13-14H2,(H,31,32)(H3,30,33,35,36). The fourth-order valence-corrected chi connectivity index (χ4v) is 4.35. The SMILES string of the molecule is Nc1n[nH]c2ncc(-c3ccc(CNc4nccc5c4CN(Cc4ccc(F)c(F)c4)C=N5)cc3)cc12. The van der Waals surface area contributed by atoms with Gasteiger partial charge in [0.2, 0.25) is 0 Å². The number of aliphatic imine (C=N–C) groups is 1. The Bertz CT molecular complexity index is 1630. The summed E-state index contributed by atoms with van der Waals surface area (Å²) in [7, 11) is 0. The van der Waals surface area contributed by atoms with Crippen molar-refractivity contribution in [3.63, 3.8) is 0 Å². The average Bonchev–Trinajstić information content (AvgIpc) is 3.30. The fourth-order valence-electron chi connectivity index (χ4n) is 4.35. The van der Waals surface area contributed by atoms with Crippen LogP contribution in [0.5, 0.6) is 0 Å². The maximum Gasteiger partial charge on any atom is 0.159 e. The lowest BCUT2D eigenvalue weighted by Gasteiger charge is -2.26. The summed E-state index contributed by atoms with van der Waals surface area (Å²) in [6.45, 7) is 1.52. The number of rotatable bonds is 6. The number of aromatic nitrogens is 4. The zero-order chi connectivity index (χ0) is 25.4. The van der Waals surface area contributed by atoms with Crippen LogP contribution in [0.25, 0.3) is 22.2 Å². The van der Waals surface area contributed by atoms with Crippen molar-refractivity contribution < 1.29 is 8.78 Å². The Morgan fingerprint density at radius 1 is 0.946 bits per heavy atom. The molecule has 4 heterocycles. The molecule has 0 amide bonds. The monoisotopic (exact) mass is 496 g/mol. The number of hydrogen-bond donors (Lipinski definition) is 3. The van der Waals surface area contributed by atoms with Gasteiger partial charge >= 0.3 is 0 Å². The van der Waals surface area contributed by atoms with Gasteiger partial charge in [-0.25, -0.2) is 23.7 Å². The first-order valence-corrected chi connectivity index (χ1v) is 11.7. The zero-order valence-corrected chi connectivity index (χ0v) is 19.6. The van der Waals surface area contributed by atoms with Crippen LogP contribution >= 0.6 is 0 Å². The molecule has 184 valence electrons. The van der Waals surface area contributed by atoms with Gasteiger partial charge in [-0.1, -0.05) is 30.3 Å². The minimum absolute atomic E-state index is 0.404. The Balaban J connectivity index is 1.15. The second kappa shape index (κ2) is 9.30. The molecule has 2 aromatic carbocycles. The van der Waals surface area contributed by atoms with Gasteiger partial charge in [0.25, 0.3) is 0 Å². The van der Waals surface area contributed by atoms with Crippen LogP contribution in [0.15, 0.2) is 72.0 Å². The van der Waals surface area contributed by atoms with Gasteiger partial charge in [-0.2, -0.15) is 5.10 Å². The van der Waals surface area contributed by atoms with Crippen LogP contribution in [-0.4, -0.2) is 31.4 Å². The number of benzene rings is 2. The third-order valence-electron chi connectivity index (χ3n) is 6.32. The highest BCUT2D eigenvalue weighted by Crippen LogP contribution is 2.30. The molecule has 6 rings (SSSR count). The molecule has 10 heteroatoms. The first-order chi connectivity index (χ1) is 18.0. The quantitative estimate of drug-likeness (QED) is 0.299. The normalized spacial score (nSPS) is 12.6. The van der Waals surface area contributed by atoms with E-state index in [1.807, 2.05) is 41.3 Å². The van der Waals surface area contributed by atoms with Gasteiger partial charge in [0.1, 0.15) is 5.82 Å². The van der Waals surface area contributed by atoms with Crippen LogP contribution in [0.4, 0.5) is 26.1 Å². The van der Waals surface area contributed by atoms with E-state index in [0.717, 1.165) is 45.2 Å². The van der Waals surface area contributed by atoms with Crippen molar-refractivity contribution in [1.82, 2.24) is 25.1 Å². The number of fused-ring (bicyclic) bond motifs is 2. The van der Waals surface area contributed by atoms with Gasteiger partial charge < -0.3 is 16.0 Å². The van der Waals surface area contributed by atoms with Gasteiger partial charge in [-0.15, -0.1) is 0 Å². The minimum Gasteiger partial charge on any atom is -0.382 e. The second-order valence-electron chi connectivity index (χ2n) is 8.83. The minimum atomic E-state index is -0.857. The molecule has 0 unspecified atom stereocenters. The van der Waals surface area contributed by atoms with Crippen molar-refractivity contribution >= 4 is 34.7 Å². The summed E-state index contributed by atoms with van der Waals surface area (Å²) in [6.07, 6.45) is 5.23. The van der Waals surface area contributed by atoms with Crippen molar-refractivity contribution in [2.24, 2.45) is 4.99 Å². The largest absolute Gasteiger partial charge is 0.382 e. The molecule has 0 spiro atoms. The van der Waals surface area contributed by atoms with E-state index >= 15 is 0 Å². The number of nitrogens with one attached hydrogen (secondary N) is 2. The molecule has 0 atom stereocenters. The van der Waals surface area contributed by atoms with Gasteiger partial charge in [-0.05, 0) is 41.0 Å². The molecule has 1 aliphatic heterocycles. The highest BCUT2D eigenvalue weighted by Gasteiger charge is 2.17. The number of hydrogen-bond acceptors (Lipinski definition) is 7. The Hall–Kier alpha value is -4.86. The smallest absolute Gasteiger partial charge is 0.159 e. The molecule has 0 fully saturated rings. The van der Waals surface area contributed by atoms with Gasteiger partial charge in [0.05, 0.1) is 17.4 Å². The first kappa shape index (κ1) is 22.6. The molecule has 0 bridgehead atoms. The topological polar surface area (TPSA) is 108 Å². The molecule has 0 radical (unpaired) electrons. The summed E-state index contributed by atoms with van der Waals surface area (Å²) in [4.78, 5) is 15.4. The molecule has 4 N–H and O–H groups in total. The number of pyridine rings is 2. The zero-order valence-electron chi connectivity index (χ0n) is 19.6. The Morgan fingerprint density at radius 3 is 2.62 bits per heavy atom. The molecule has 0 saturated carbocycles. The van der Waals surface area contributed by atoms with Crippen LogP contribution in [0.2, 0.25) is 0 Å². The third-order valence-corrected chi connectivity index (χ3v) is 6.32. The third kappa shape index (κ3) is 4.56. The van der Waals surface area contributed by atoms with Crippen LogP contribution in [-0.2, 0) is 19.6 Å². The molecular weight excluding hydrogens is 474 g/mol. The van der Waals surface area contributed by atoms with Crippen molar-refractivity contribution in [3.05, 3.63) is 95.3 Å². The second-order valence-corrected chi connectivity index (χ2v) is 8.83. The van der Waals surface area contributed by atoms with Gasteiger partial charge in [-0.3, -0.25) is 5.10 Å². The Labute approximate surface area is 210 Å². The molecule has 8 nitrogen and oxygen atoms in total. The summed E-state index contributed by atoms with van der Waals surface area (Å²) >= 11 is 0. The Morgan fingerprint density at radius 2 is 1.78 bits per heavy atom. The van der Waals surface area contributed by atoms with Crippen LogP contribution in [0.3, 0.4) is 0 Å². The molecule has 3 aromatic heterocycles. The summed E-state index contributed by atoms with van der Waals surface area (Å²) in [6, 6.07) is 15.9. The van der Waals surface area contributed by atoms with E-state index in [4.69, 9.17) is 5.73 Å².